The number of anilines is 2. The van der Waals surface area contributed by atoms with E-state index in [-0.39, 0.29) is 30.1 Å². The van der Waals surface area contributed by atoms with Gasteiger partial charge in [-0.1, -0.05) is 29.3 Å². The number of amides is 4. The molecule has 2 N–H and O–H groups in total. The zero-order chi connectivity index (χ0) is 43.4. The Balaban J connectivity index is 0.000000164. The van der Waals surface area contributed by atoms with Gasteiger partial charge in [0.05, 0.1) is 32.4 Å². The molecule has 8 heterocycles. The van der Waals surface area contributed by atoms with E-state index < -0.39 is 35.8 Å². The average Bonchev–Trinajstić information content (AvgIpc) is 3.76. The SMILES string of the molecule is C[C@@H](Oc1ccc2[nH]nc(-c3cnc(N4CC5(CN(C)C5)C4)c(F)c3)c2c1)c1c(Cl)cncc1Cl.O=CC1CCN(c2cccc3c2C(=O)N(C2CCC(=O)NC2=O)C3=O)CC1. The predicted octanol–water partition coefficient (Wildman–Crippen LogP) is 5.86. The third-order valence-corrected chi connectivity index (χ3v) is 12.9. The topological polar surface area (TPSA) is 174 Å². The van der Waals surface area contributed by atoms with Gasteiger partial charge in [0.25, 0.3) is 11.8 Å². The summed E-state index contributed by atoms with van der Waals surface area (Å²) in [5.74, 6) is -1.33. The van der Waals surface area contributed by atoms with Crippen molar-refractivity contribution >= 4 is 75.5 Å². The molecule has 2 atom stereocenters. The van der Waals surface area contributed by atoms with Crippen molar-refractivity contribution in [2.75, 3.05) is 56.1 Å². The van der Waals surface area contributed by atoms with Crippen molar-refractivity contribution in [1.82, 2.24) is 35.3 Å². The zero-order valence-corrected chi connectivity index (χ0v) is 35.4. The number of nitrogens with one attached hydrogen (secondary N) is 2. The third kappa shape index (κ3) is 7.53. The molecule has 5 aliphatic heterocycles. The maximum absolute atomic E-state index is 15.1. The number of aldehydes is 1. The molecule has 0 aliphatic carbocycles. The van der Waals surface area contributed by atoms with Crippen LogP contribution >= 0.6 is 23.2 Å². The van der Waals surface area contributed by atoms with Gasteiger partial charge in [-0.15, -0.1) is 0 Å². The minimum Gasteiger partial charge on any atom is -0.486 e. The number of halogens is 3. The average molecular weight is 883 g/mol. The summed E-state index contributed by atoms with van der Waals surface area (Å²) in [6.45, 7) is 6.93. The van der Waals surface area contributed by atoms with Crippen LogP contribution < -0.4 is 19.9 Å². The van der Waals surface area contributed by atoms with E-state index in [9.17, 15) is 24.0 Å². The highest BCUT2D eigenvalue weighted by Gasteiger charge is 2.51. The standard InChI is InChI=1S/C25H23Cl2FN6O.C19H19N3O5/c1-14(22-18(26)8-29-9-19(22)27)35-16-3-4-21-17(6-16)23(32-31-21)15-5-20(28)24(30-7-15)34-12-25(13-34)10-33(2)11-25;23-10-11-6-8-21(9-7-11)13-3-1-2-12-16(13)19(27)22(18(12)26)14-4-5-15(24)20-17(14)25/h3-9,14H,10-13H2,1-2H3,(H,31,32);1-3,10-11,14H,4-9H2,(H,20,24,25)/t14-;/m1./s1. The minimum atomic E-state index is -0.969. The maximum atomic E-state index is 15.1. The summed E-state index contributed by atoms with van der Waals surface area (Å²) < 4.78 is 21.2. The first kappa shape index (κ1) is 41.4. The van der Waals surface area contributed by atoms with E-state index in [0.717, 1.165) is 48.3 Å². The fourth-order valence-corrected chi connectivity index (χ4v) is 10.1. The summed E-state index contributed by atoms with van der Waals surface area (Å²) in [4.78, 5) is 76.2. The Bertz CT molecular complexity index is 2620. The van der Waals surface area contributed by atoms with Gasteiger partial charge in [-0.3, -0.25) is 39.5 Å². The zero-order valence-electron chi connectivity index (χ0n) is 33.9. The van der Waals surface area contributed by atoms with Crippen LogP contribution in [0.1, 0.15) is 65.0 Å². The molecule has 15 nitrogen and oxygen atoms in total. The molecule has 3 aromatic heterocycles. The summed E-state index contributed by atoms with van der Waals surface area (Å²) in [5, 5.41) is 11.3. The Labute approximate surface area is 365 Å². The molecule has 4 saturated heterocycles. The molecule has 4 amide bonds. The van der Waals surface area contributed by atoms with Gasteiger partial charge in [0.1, 0.15) is 29.9 Å². The number of hydrogen-bond acceptors (Lipinski definition) is 12. The Hall–Kier alpha value is -5.97. The molecule has 62 heavy (non-hydrogen) atoms. The Morgan fingerprint density at radius 3 is 2.35 bits per heavy atom. The summed E-state index contributed by atoms with van der Waals surface area (Å²) in [6.07, 6.45) is 6.94. The number of nitrogens with zero attached hydrogens (tertiary/aromatic N) is 7. The van der Waals surface area contributed by atoms with Gasteiger partial charge in [0, 0.05) is 92.1 Å². The van der Waals surface area contributed by atoms with Crippen molar-refractivity contribution in [1.29, 1.82) is 0 Å². The molecule has 0 saturated carbocycles. The second kappa shape index (κ2) is 16.4. The minimum absolute atomic E-state index is 0.0234. The van der Waals surface area contributed by atoms with E-state index >= 15 is 4.39 Å². The largest absolute Gasteiger partial charge is 0.486 e. The molecule has 320 valence electrons. The third-order valence-electron chi connectivity index (χ3n) is 12.3. The summed E-state index contributed by atoms with van der Waals surface area (Å²) in [7, 11) is 2.11. The molecule has 0 radical (unpaired) electrons. The van der Waals surface area contributed by atoms with E-state index in [2.05, 4.69) is 37.4 Å². The fourth-order valence-electron chi connectivity index (χ4n) is 9.40. The lowest BCUT2D eigenvalue weighted by molar-refractivity contribution is -0.136. The van der Waals surface area contributed by atoms with Gasteiger partial charge in [-0.05, 0) is 69.6 Å². The van der Waals surface area contributed by atoms with E-state index in [1.54, 1.807) is 24.4 Å². The van der Waals surface area contributed by atoms with Gasteiger partial charge in [-0.25, -0.2) is 9.37 Å². The number of benzene rings is 2. The molecular formula is C44H42Cl2FN9O6. The lowest BCUT2D eigenvalue weighted by Gasteiger charge is -2.59. The molecule has 0 bridgehead atoms. The van der Waals surface area contributed by atoms with Gasteiger partial charge >= 0.3 is 0 Å². The second-order valence-corrected chi connectivity index (χ2v) is 17.5. The van der Waals surface area contributed by atoms with Crippen LogP contribution in [-0.2, 0) is 14.4 Å². The van der Waals surface area contributed by atoms with Crippen molar-refractivity contribution < 1.29 is 33.1 Å². The monoisotopic (exact) mass is 881 g/mol. The number of imide groups is 2. The molecule has 1 unspecified atom stereocenters. The van der Waals surface area contributed by atoms with Crippen LogP contribution in [0.4, 0.5) is 15.9 Å². The first-order valence-corrected chi connectivity index (χ1v) is 21.2. The number of aromatic amines is 1. The molecule has 5 aromatic rings. The van der Waals surface area contributed by atoms with Crippen molar-refractivity contribution in [2.45, 2.75) is 44.8 Å². The maximum Gasteiger partial charge on any atom is 0.264 e. The Morgan fingerprint density at radius 2 is 1.68 bits per heavy atom. The van der Waals surface area contributed by atoms with Crippen molar-refractivity contribution in [3.05, 3.63) is 93.6 Å². The molecule has 4 fully saturated rings. The van der Waals surface area contributed by atoms with Crippen molar-refractivity contribution in [3.63, 3.8) is 0 Å². The second-order valence-electron chi connectivity index (χ2n) is 16.7. The Morgan fingerprint density at radius 1 is 0.935 bits per heavy atom. The molecule has 2 aromatic carbocycles. The molecular weight excluding hydrogens is 840 g/mol. The van der Waals surface area contributed by atoms with E-state index in [0.29, 0.717) is 81.0 Å². The van der Waals surface area contributed by atoms with Gasteiger partial charge in [-0.2, -0.15) is 5.10 Å². The van der Waals surface area contributed by atoms with Crippen LogP contribution in [0.5, 0.6) is 5.75 Å². The van der Waals surface area contributed by atoms with Crippen LogP contribution in [0.2, 0.25) is 10.0 Å². The van der Waals surface area contributed by atoms with Crippen LogP contribution in [-0.4, -0.2) is 112 Å². The summed E-state index contributed by atoms with van der Waals surface area (Å²) in [6, 6.07) is 11.2. The highest BCUT2D eigenvalue weighted by molar-refractivity contribution is 6.35. The van der Waals surface area contributed by atoms with Crippen LogP contribution in [0.15, 0.2) is 61.1 Å². The van der Waals surface area contributed by atoms with Crippen LogP contribution in [0.25, 0.3) is 22.2 Å². The molecule has 18 heteroatoms. The predicted molar refractivity (Wildman–Crippen MR) is 229 cm³/mol. The summed E-state index contributed by atoms with van der Waals surface area (Å²) >= 11 is 12.6. The Kier molecular flexibility index (Phi) is 10.9. The van der Waals surface area contributed by atoms with E-state index in [1.165, 1.54) is 18.5 Å². The highest BCUT2D eigenvalue weighted by Crippen LogP contribution is 2.42. The number of carbonyl (C=O) groups is 5. The fraction of sp³-hybridized carbons (Fsp3) is 0.364. The number of aromatic nitrogens is 4. The van der Waals surface area contributed by atoms with Crippen molar-refractivity contribution in [3.8, 4) is 17.0 Å². The van der Waals surface area contributed by atoms with E-state index in [4.69, 9.17) is 27.9 Å². The van der Waals surface area contributed by atoms with Gasteiger partial charge in [0.2, 0.25) is 11.8 Å². The highest BCUT2D eigenvalue weighted by atomic mass is 35.5. The van der Waals surface area contributed by atoms with Crippen molar-refractivity contribution in [2.24, 2.45) is 11.3 Å². The molecule has 5 aliphatic rings. The lowest BCUT2D eigenvalue weighted by atomic mass is 9.73. The normalized spacial score (nSPS) is 20.3. The number of rotatable bonds is 8. The molecule has 10 rings (SSSR count). The number of piperidine rings is 2. The molecule has 1 spiro atoms. The number of ether oxygens (including phenoxy) is 1. The van der Waals surface area contributed by atoms with Gasteiger partial charge < -0.3 is 24.2 Å². The first-order valence-electron chi connectivity index (χ1n) is 20.4. The smallest absolute Gasteiger partial charge is 0.264 e. The number of carbonyl (C=O) groups excluding carboxylic acids is 5. The lowest BCUT2D eigenvalue weighted by Crippen LogP contribution is -2.71. The quantitative estimate of drug-likeness (QED) is 0.141. The number of pyridine rings is 2. The number of hydrogen-bond donors (Lipinski definition) is 2. The van der Waals surface area contributed by atoms with E-state index in [1.807, 2.05) is 34.9 Å². The summed E-state index contributed by atoms with van der Waals surface area (Å²) in [5.41, 5.74) is 4.22. The van der Waals surface area contributed by atoms with Crippen LogP contribution in [0.3, 0.4) is 0 Å². The number of likely N-dealkylation sites (tertiary alicyclic amines) is 1. The van der Waals surface area contributed by atoms with Gasteiger partial charge in [0.15, 0.2) is 11.6 Å². The van der Waals surface area contributed by atoms with Crippen LogP contribution in [0, 0.1) is 17.2 Å². The first-order chi connectivity index (χ1) is 29.8. The number of fused-ring (bicyclic) bond motifs is 2. The number of H-pyrrole nitrogens is 1.